The third-order valence-corrected chi connectivity index (χ3v) is 2.51. The molecule has 0 amide bonds. The van der Waals surface area contributed by atoms with Gasteiger partial charge in [-0.2, -0.15) is 0 Å². The van der Waals surface area contributed by atoms with Crippen molar-refractivity contribution in [1.82, 2.24) is 4.90 Å². The number of likely N-dealkylation sites (N-methyl/N-ethyl adjacent to an activating group) is 1. The van der Waals surface area contributed by atoms with Crippen LogP contribution in [0.25, 0.3) is 0 Å². The van der Waals surface area contributed by atoms with Gasteiger partial charge in [-0.3, -0.25) is 4.90 Å². The lowest BCUT2D eigenvalue weighted by molar-refractivity contribution is 0.317. The van der Waals surface area contributed by atoms with Crippen LogP contribution in [0.1, 0.15) is 26.2 Å². The minimum absolute atomic E-state index is 0.618. The van der Waals surface area contributed by atoms with Gasteiger partial charge in [-0.15, -0.1) is 0 Å². The van der Waals surface area contributed by atoms with Gasteiger partial charge in [0.2, 0.25) is 0 Å². The van der Waals surface area contributed by atoms with Crippen molar-refractivity contribution in [2.45, 2.75) is 26.2 Å². The van der Waals surface area contributed by atoms with Crippen molar-refractivity contribution >= 4 is 17.2 Å². The first-order valence-corrected chi connectivity index (χ1v) is 5.14. The van der Waals surface area contributed by atoms with E-state index >= 15 is 0 Å². The summed E-state index contributed by atoms with van der Waals surface area (Å²) in [7, 11) is 0. The molecule has 2 N–H and O–H groups in total. The summed E-state index contributed by atoms with van der Waals surface area (Å²) in [5.74, 6) is 1.00. The summed E-state index contributed by atoms with van der Waals surface area (Å²) in [6.45, 7) is 5.17. The molecule has 0 aliphatic heterocycles. The zero-order chi connectivity index (χ0) is 8.97. The number of thiocarbonyl (C=S) groups is 1. The van der Waals surface area contributed by atoms with Gasteiger partial charge < -0.3 is 5.73 Å². The van der Waals surface area contributed by atoms with E-state index < -0.39 is 0 Å². The van der Waals surface area contributed by atoms with Gasteiger partial charge in [0.25, 0.3) is 0 Å². The molecule has 70 valence electrons. The molecular formula is C9H18N2S. The Balaban J connectivity index is 2.10. The summed E-state index contributed by atoms with van der Waals surface area (Å²) in [5, 5.41) is 0. The van der Waals surface area contributed by atoms with Gasteiger partial charge in [-0.25, -0.2) is 0 Å². The molecule has 1 fully saturated rings. The van der Waals surface area contributed by atoms with E-state index in [-0.39, 0.29) is 0 Å². The lowest BCUT2D eigenvalue weighted by Gasteiger charge is -2.18. The molecule has 1 aliphatic rings. The molecule has 1 aliphatic carbocycles. The van der Waals surface area contributed by atoms with E-state index in [0.717, 1.165) is 19.0 Å². The molecule has 0 unspecified atom stereocenters. The van der Waals surface area contributed by atoms with Crippen LogP contribution < -0.4 is 5.73 Å². The van der Waals surface area contributed by atoms with Crippen molar-refractivity contribution in [1.29, 1.82) is 0 Å². The van der Waals surface area contributed by atoms with Crippen LogP contribution in [0.2, 0.25) is 0 Å². The van der Waals surface area contributed by atoms with Crippen LogP contribution in [0, 0.1) is 5.92 Å². The Labute approximate surface area is 80.1 Å². The van der Waals surface area contributed by atoms with Crippen LogP contribution in [-0.4, -0.2) is 29.5 Å². The van der Waals surface area contributed by atoms with Crippen molar-refractivity contribution < 1.29 is 0 Å². The molecule has 1 saturated carbocycles. The fraction of sp³-hybridized carbons (Fsp3) is 0.889. The fourth-order valence-electron chi connectivity index (χ4n) is 1.34. The quantitative estimate of drug-likeness (QED) is 0.636. The summed E-state index contributed by atoms with van der Waals surface area (Å²) < 4.78 is 0. The van der Waals surface area contributed by atoms with Crippen LogP contribution in [0.5, 0.6) is 0 Å². The fourth-order valence-corrected chi connectivity index (χ4v) is 1.52. The first-order chi connectivity index (χ1) is 5.72. The van der Waals surface area contributed by atoms with Crippen molar-refractivity contribution in [3.63, 3.8) is 0 Å². The Morgan fingerprint density at radius 1 is 1.58 bits per heavy atom. The van der Waals surface area contributed by atoms with Gasteiger partial charge in [0, 0.05) is 6.54 Å². The highest BCUT2D eigenvalue weighted by Gasteiger charge is 2.21. The van der Waals surface area contributed by atoms with Crippen molar-refractivity contribution in [2.75, 3.05) is 19.6 Å². The highest BCUT2D eigenvalue weighted by atomic mass is 32.1. The Bertz CT molecular complexity index is 155. The number of nitrogens with two attached hydrogens (primary N) is 1. The maximum atomic E-state index is 5.48. The molecule has 0 aromatic heterocycles. The third-order valence-electron chi connectivity index (χ3n) is 2.38. The molecule has 0 radical (unpaired) electrons. The zero-order valence-electron chi connectivity index (χ0n) is 7.75. The van der Waals surface area contributed by atoms with Gasteiger partial charge in [0.15, 0.2) is 0 Å². The first kappa shape index (κ1) is 9.93. The summed E-state index contributed by atoms with van der Waals surface area (Å²) in [6.07, 6.45) is 4.20. The van der Waals surface area contributed by atoms with Crippen LogP contribution in [0.4, 0.5) is 0 Å². The predicted octanol–water partition coefficient (Wildman–Crippen LogP) is 1.39. The highest BCUT2D eigenvalue weighted by Crippen LogP contribution is 2.32. The lowest BCUT2D eigenvalue weighted by atomic mass is 10.3. The standard InChI is InChI=1S/C9H18N2S/c1-2-11(7-9(10)12)6-5-8-3-4-8/h8H,2-7H2,1H3,(H2,10,12). The molecule has 0 aromatic rings. The Morgan fingerprint density at radius 3 is 2.67 bits per heavy atom. The molecule has 0 bridgehead atoms. The lowest BCUT2D eigenvalue weighted by Crippen LogP contribution is -2.33. The molecule has 1 rings (SSSR count). The van der Waals surface area contributed by atoms with E-state index in [1.807, 2.05) is 0 Å². The molecule has 0 atom stereocenters. The SMILES string of the molecule is CCN(CCC1CC1)CC(N)=S. The maximum absolute atomic E-state index is 5.48. The molecule has 2 nitrogen and oxygen atoms in total. The third kappa shape index (κ3) is 4.02. The van der Waals surface area contributed by atoms with Crippen molar-refractivity contribution in [2.24, 2.45) is 11.7 Å². The van der Waals surface area contributed by atoms with E-state index in [9.17, 15) is 0 Å². The largest absolute Gasteiger partial charge is 0.392 e. The molecule has 0 aromatic carbocycles. The number of rotatable bonds is 6. The van der Waals surface area contributed by atoms with Crippen LogP contribution >= 0.6 is 12.2 Å². The number of hydrogen-bond donors (Lipinski definition) is 1. The normalized spacial score (nSPS) is 16.8. The Kier molecular flexibility index (Phi) is 3.95. The van der Waals surface area contributed by atoms with E-state index in [4.69, 9.17) is 18.0 Å². The molecule has 0 heterocycles. The van der Waals surface area contributed by atoms with Crippen LogP contribution in [0.15, 0.2) is 0 Å². The van der Waals surface area contributed by atoms with Crippen molar-refractivity contribution in [3.8, 4) is 0 Å². The predicted molar refractivity (Wildman–Crippen MR) is 56.2 cm³/mol. The summed E-state index contributed by atoms with van der Waals surface area (Å²) in [5.41, 5.74) is 5.48. The molecular weight excluding hydrogens is 168 g/mol. The van der Waals surface area contributed by atoms with Crippen LogP contribution in [0.3, 0.4) is 0 Å². The maximum Gasteiger partial charge on any atom is 0.0870 e. The van der Waals surface area contributed by atoms with Crippen LogP contribution in [-0.2, 0) is 0 Å². The monoisotopic (exact) mass is 186 g/mol. The summed E-state index contributed by atoms with van der Waals surface area (Å²) in [4.78, 5) is 2.94. The Hall–Kier alpha value is -0.150. The highest BCUT2D eigenvalue weighted by molar-refractivity contribution is 7.80. The summed E-state index contributed by atoms with van der Waals surface area (Å²) >= 11 is 4.87. The topological polar surface area (TPSA) is 29.3 Å². The second kappa shape index (κ2) is 4.77. The second-order valence-corrected chi connectivity index (χ2v) is 4.09. The van der Waals surface area contributed by atoms with E-state index in [1.54, 1.807) is 0 Å². The number of nitrogens with zero attached hydrogens (tertiary/aromatic N) is 1. The van der Waals surface area contributed by atoms with Gasteiger partial charge in [0.1, 0.15) is 0 Å². The molecule has 3 heteroatoms. The van der Waals surface area contributed by atoms with Gasteiger partial charge in [0.05, 0.1) is 4.99 Å². The zero-order valence-corrected chi connectivity index (χ0v) is 8.57. The second-order valence-electron chi connectivity index (χ2n) is 3.57. The van der Waals surface area contributed by atoms with Gasteiger partial charge in [-0.05, 0) is 25.4 Å². The minimum atomic E-state index is 0.618. The minimum Gasteiger partial charge on any atom is -0.392 e. The first-order valence-electron chi connectivity index (χ1n) is 4.73. The van der Waals surface area contributed by atoms with Gasteiger partial charge >= 0.3 is 0 Å². The molecule has 0 spiro atoms. The van der Waals surface area contributed by atoms with Crippen molar-refractivity contribution in [3.05, 3.63) is 0 Å². The average Bonchev–Trinajstić information content (AvgIpc) is 2.80. The summed E-state index contributed by atoms with van der Waals surface area (Å²) in [6, 6.07) is 0. The molecule has 0 saturated heterocycles. The Morgan fingerprint density at radius 2 is 2.25 bits per heavy atom. The number of hydrogen-bond acceptors (Lipinski definition) is 2. The van der Waals surface area contributed by atoms with E-state index in [2.05, 4.69) is 11.8 Å². The van der Waals surface area contributed by atoms with E-state index in [0.29, 0.717) is 4.99 Å². The average molecular weight is 186 g/mol. The van der Waals surface area contributed by atoms with E-state index in [1.165, 1.54) is 25.8 Å². The smallest absolute Gasteiger partial charge is 0.0870 e. The van der Waals surface area contributed by atoms with Gasteiger partial charge in [-0.1, -0.05) is 32.0 Å². The molecule has 12 heavy (non-hydrogen) atoms.